The van der Waals surface area contributed by atoms with Gasteiger partial charge in [0, 0.05) is 18.6 Å². The Bertz CT molecular complexity index is 425. The monoisotopic (exact) mass is 278 g/mol. The van der Waals surface area contributed by atoms with Crippen molar-refractivity contribution in [1.82, 2.24) is 4.90 Å². The molecule has 0 aliphatic carbocycles. The zero-order valence-corrected chi connectivity index (χ0v) is 12.5. The van der Waals surface area contributed by atoms with Crippen molar-refractivity contribution in [3.05, 3.63) is 24.3 Å². The summed E-state index contributed by atoms with van der Waals surface area (Å²) in [5.41, 5.74) is 6.43. The molecule has 3 N–H and O–H groups in total. The Morgan fingerprint density at radius 1 is 1.40 bits per heavy atom. The first-order chi connectivity index (χ1) is 9.61. The van der Waals surface area contributed by atoms with Gasteiger partial charge in [0.05, 0.1) is 5.69 Å². The highest BCUT2D eigenvalue weighted by Gasteiger charge is 2.30. The Balaban J connectivity index is 1.83. The smallest absolute Gasteiger partial charge is 0.142 e. The number of β-amino-alcohol motifs (C(OH)–C–C–N with tert-alkyl or cyclic N) is 1. The summed E-state index contributed by atoms with van der Waals surface area (Å²) in [6.45, 7) is 5.40. The van der Waals surface area contributed by atoms with Gasteiger partial charge in [0.15, 0.2) is 0 Å². The van der Waals surface area contributed by atoms with Gasteiger partial charge in [-0.3, -0.25) is 4.90 Å². The van der Waals surface area contributed by atoms with Crippen molar-refractivity contribution in [3.8, 4) is 5.75 Å². The van der Waals surface area contributed by atoms with Crippen LogP contribution in [0.5, 0.6) is 5.75 Å². The molecule has 0 saturated carbocycles. The maximum absolute atomic E-state index is 10.2. The van der Waals surface area contributed by atoms with Crippen molar-refractivity contribution in [2.75, 3.05) is 18.9 Å². The first kappa shape index (κ1) is 15.1. The molecule has 1 heterocycles. The number of rotatable bonds is 6. The second-order valence-corrected chi connectivity index (χ2v) is 5.69. The molecule has 1 fully saturated rings. The van der Waals surface area contributed by atoms with Crippen molar-refractivity contribution >= 4 is 5.69 Å². The largest absolute Gasteiger partial charge is 0.489 e. The molecule has 3 unspecified atom stereocenters. The van der Waals surface area contributed by atoms with E-state index in [0.29, 0.717) is 30.1 Å². The Morgan fingerprint density at radius 3 is 2.85 bits per heavy atom. The molecule has 112 valence electrons. The number of nitrogens with two attached hydrogens (primary N) is 1. The molecular weight excluding hydrogens is 252 g/mol. The minimum absolute atomic E-state index is 0.286. The number of benzene rings is 1. The molecule has 0 bridgehead atoms. The molecule has 1 aliphatic heterocycles. The van der Waals surface area contributed by atoms with E-state index < -0.39 is 6.10 Å². The van der Waals surface area contributed by atoms with Gasteiger partial charge in [-0.2, -0.15) is 0 Å². The van der Waals surface area contributed by atoms with Gasteiger partial charge in [-0.25, -0.2) is 0 Å². The first-order valence-electron chi connectivity index (χ1n) is 7.53. The number of hydrogen-bond donors (Lipinski definition) is 2. The third-order valence-electron chi connectivity index (χ3n) is 4.20. The van der Waals surface area contributed by atoms with Gasteiger partial charge in [-0.05, 0) is 38.3 Å². The van der Waals surface area contributed by atoms with Gasteiger partial charge < -0.3 is 15.6 Å². The van der Waals surface area contributed by atoms with Crippen LogP contribution in [0.15, 0.2) is 24.3 Å². The van der Waals surface area contributed by atoms with Crippen molar-refractivity contribution in [2.24, 2.45) is 0 Å². The van der Waals surface area contributed by atoms with Crippen LogP contribution in [-0.4, -0.2) is 41.3 Å². The van der Waals surface area contributed by atoms with Crippen LogP contribution in [0, 0.1) is 0 Å². The zero-order chi connectivity index (χ0) is 14.5. The van der Waals surface area contributed by atoms with Crippen LogP contribution in [0.1, 0.15) is 33.1 Å². The van der Waals surface area contributed by atoms with Crippen LogP contribution in [0.4, 0.5) is 5.69 Å². The summed E-state index contributed by atoms with van der Waals surface area (Å²) in [6.07, 6.45) is 3.11. The normalized spacial score (nSPS) is 24.8. The van der Waals surface area contributed by atoms with E-state index in [4.69, 9.17) is 10.5 Å². The third-order valence-corrected chi connectivity index (χ3v) is 4.20. The highest BCUT2D eigenvalue weighted by atomic mass is 16.5. The first-order valence-corrected chi connectivity index (χ1v) is 7.53. The summed E-state index contributed by atoms with van der Waals surface area (Å²) < 4.78 is 5.61. The average Bonchev–Trinajstić information content (AvgIpc) is 2.79. The van der Waals surface area contributed by atoms with Gasteiger partial charge in [0.25, 0.3) is 0 Å². The number of nitrogens with zero attached hydrogens (tertiary/aromatic N) is 1. The molecule has 3 atom stereocenters. The highest BCUT2D eigenvalue weighted by molar-refractivity contribution is 5.51. The third kappa shape index (κ3) is 3.64. The molecule has 2 rings (SSSR count). The molecule has 0 amide bonds. The lowest BCUT2D eigenvalue weighted by Gasteiger charge is -2.29. The molecule has 1 aromatic carbocycles. The van der Waals surface area contributed by atoms with Crippen LogP contribution in [0.2, 0.25) is 0 Å². The standard InChI is InChI=1S/C16H26N2O2/c1-3-13-9-8-12(2)18(13)10-14(19)11-20-16-7-5-4-6-15(16)17/h4-7,12-14,19H,3,8-11,17H2,1-2H3. The number of para-hydroxylation sites is 2. The van der Waals surface area contributed by atoms with E-state index in [-0.39, 0.29) is 6.61 Å². The SMILES string of the molecule is CCC1CCC(C)N1CC(O)COc1ccccc1N. The van der Waals surface area contributed by atoms with Crippen LogP contribution < -0.4 is 10.5 Å². The summed E-state index contributed by atoms with van der Waals surface area (Å²) in [7, 11) is 0. The maximum Gasteiger partial charge on any atom is 0.142 e. The molecule has 1 saturated heterocycles. The summed E-state index contributed by atoms with van der Waals surface area (Å²) in [4.78, 5) is 2.41. The van der Waals surface area contributed by atoms with E-state index in [1.165, 1.54) is 12.8 Å². The molecule has 20 heavy (non-hydrogen) atoms. The van der Waals surface area contributed by atoms with Gasteiger partial charge in [-0.1, -0.05) is 19.1 Å². The summed E-state index contributed by atoms with van der Waals surface area (Å²) >= 11 is 0. The van der Waals surface area contributed by atoms with E-state index in [1.54, 1.807) is 6.07 Å². The van der Waals surface area contributed by atoms with Crippen molar-refractivity contribution in [1.29, 1.82) is 0 Å². The molecule has 0 aromatic heterocycles. The predicted molar refractivity (Wildman–Crippen MR) is 81.8 cm³/mol. The lowest BCUT2D eigenvalue weighted by atomic mass is 10.1. The fourth-order valence-electron chi connectivity index (χ4n) is 2.99. The van der Waals surface area contributed by atoms with E-state index in [0.717, 1.165) is 6.42 Å². The van der Waals surface area contributed by atoms with E-state index in [2.05, 4.69) is 18.7 Å². The molecule has 0 radical (unpaired) electrons. The molecular formula is C16H26N2O2. The lowest BCUT2D eigenvalue weighted by molar-refractivity contribution is 0.0516. The second-order valence-electron chi connectivity index (χ2n) is 5.69. The van der Waals surface area contributed by atoms with Gasteiger partial charge in [-0.15, -0.1) is 0 Å². The summed E-state index contributed by atoms with van der Waals surface area (Å²) in [6, 6.07) is 8.54. The number of ether oxygens (including phenoxy) is 1. The fraction of sp³-hybridized carbons (Fsp3) is 0.625. The number of hydrogen-bond acceptors (Lipinski definition) is 4. The maximum atomic E-state index is 10.2. The van der Waals surface area contributed by atoms with E-state index in [1.807, 2.05) is 18.2 Å². The Hall–Kier alpha value is -1.26. The second kappa shape index (κ2) is 6.95. The van der Waals surface area contributed by atoms with Gasteiger partial charge in [0.2, 0.25) is 0 Å². The Labute approximate surface area is 121 Å². The lowest BCUT2D eigenvalue weighted by Crippen LogP contribution is -2.41. The van der Waals surface area contributed by atoms with Gasteiger partial charge >= 0.3 is 0 Å². The summed E-state index contributed by atoms with van der Waals surface area (Å²) in [5, 5.41) is 10.2. The number of nitrogen functional groups attached to an aromatic ring is 1. The quantitative estimate of drug-likeness (QED) is 0.784. The predicted octanol–water partition coefficient (Wildman–Crippen LogP) is 2.27. The van der Waals surface area contributed by atoms with E-state index in [9.17, 15) is 5.11 Å². The van der Waals surface area contributed by atoms with Gasteiger partial charge in [0.1, 0.15) is 18.5 Å². The Kier molecular flexibility index (Phi) is 5.26. The Morgan fingerprint density at radius 2 is 2.15 bits per heavy atom. The fourth-order valence-corrected chi connectivity index (χ4v) is 2.99. The molecule has 1 aromatic rings. The van der Waals surface area contributed by atoms with Crippen molar-refractivity contribution in [3.63, 3.8) is 0 Å². The minimum Gasteiger partial charge on any atom is -0.489 e. The highest BCUT2D eigenvalue weighted by Crippen LogP contribution is 2.26. The zero-order valence-electron chi connectivity index (χ0n) is 12.5. The minimum atomic E-state index is -0.482. The van der Waals surface area contributed by atoms with Crippen LogP contribution in [0.3, 0.4) is 0 Å². The van der Waals surface area contributed by atoms with Crippen LogP contribution >= 0.6 is 0 Å². The van der Waals surface area contributed by atoms with Crippen LogP contribution in [-0.2, 0) is 0 Å². The number of aliphatic hydroxyl groups is 1. The van der Waals surface area contributed by atoms with E-state index >= 15 is 0 Å². The summed E-state index contributed by atoms with van der Waals surface area (Å²) in [5.74, 6) is 0.646. The number of anilines is 1. The molecule has 1 aliphatic rings. The van der Waals surface area contributed by atoms with Crippen LogP contribution in [0.25, 0.3) is 0 Å². The molecule has 4 heteroatoms. The average molecular weight is 278 g/mol. The molecule has 4 nitrogen and oxygen atoms in total. The number of aliphatic hydroxyl groups excluding tert-OH is 1. The van der Waals surface area contributed by atoms with Crippen molar-refractivity contribution in [2.45, 2.75) is 51.3 Å². The topological polar surface area (TPSA) is 58.7 Å². The molecule has 0 spiro atoms. The van der Waals surface area contributed by atoms with Crippen molar-refractivity contribution < 1.29 is 9.84 Å². The number of likely N-dealkylation sites (tertiary alicyclic amines) is 1.